The number of aromatic nitrogens is 3. The molecule has 7 nitrogen and oxygen atoms in total. The molecule has 0 atom stereocenters. The molecule has 1 amide bonds. The van der Waals surface area contributed by atoms with Gasteiger partial charge in [-0.15, -0.1) is 10.2 Å². The van der Waals surface area contributed by atoms with E-state index in [4.69, 9.17) is 4.74 Å². The summed E-state index contributed by atoms with van der Waals surface area (Å²) in [6.07, 6.45) is 2.65. The Balaban J connectivity index is 1.23. The van der Waals surface area contributed by atoms with Crippen LogP contribution in [-0.2, 0) is 11.2 Å². The van der Waals surface area contributed by atoms with Crippen molar-refractivity contribution in [2.24, 2.45) is 0 Å². The van der Waals surface area contributed by atoms with Gasteiger partial charge in [-0.25, -0.2) is 0 Å². The molecule has 0 unspecified atom stereocenters. The number of piperazine rings is 1. The van der Waals surface area contributed by atoms with E-state index in [2.05, 4.69) is 34.2 Å². The van der Waals surface area contributed by atoms with Gasteiger partial charge in [0.2, 0.25) is 5.91 Å². The Morgan fingerprint density at radius 2 is 1.78 bits per heavy atom. The minimum atomic E-state index is 0.147. The highest BCUT2D eigenvalue weighted by Crippen LogP contribution is 2.23. The van der Waals surface area contributed by atoms with Gasteiger partial charge in [-0.2, -0.15) is 0 Å². The van der Waals surface area contributed by atoms with E-state index in [1.54, 1.807) is 6.33 Å². The zero-order valence-electron chi connectivity index (χ0n) is 18.4. The zero-order chi connectivity index (χ0) is 22.2. The van der Waals surface area contributed by atoms with Crippen molar-refractivity contribution in [1.82, 2.24) is 24.6 Å². The van der Waals surface area contributed by atoms with Crippen LogP contribution in [0, 0.1) is 0 Å². The quantitative estimate of drug-likeness (QED) is 0.466. The van der Waals surface area contributed by atoms with Gasteiger partial charge in [0, 0.05) is 32.7 Å². The summed E-state index contributed by atoms with van der Waals surface area (Å²) < 4.78 is 7.76. The standard InChI is InChI=1S/C24H29N5O2S/c1-2-20-8-6-7-11-22(20)29-19-25-26-24(29)32-18-23(30)28-14-12-27(13-15-28)16-17-31-21-9-4-3-5-10-21/h3-11,19H,2,12-18H2,1H3. The first-order valence-electron chi connectivity index (χ1n) is 11.0. The van der Waals surface area contributed by atoms with Gasteiger partial charge in [0.1, 0.15) is 18.7 Å². The lowest BCUT2D eigenvalue weighted by Gasteiger charge is -2.34. The molecule has 3 aromatic rings. The van der Waals surface area contributed by atoms with Crippen molar-refractivity contribution in [2.45, 2.75) is 18.5 Å². The minimum Gasteiger partial charge on any atom is -0.492 e. The lowest BCUT2D eigenvalue weighted by atomic mass is 10.1. The van der Waals surface area contributed by atoms with E-state index >= 15 is 0 Å². The van der Waals surface area contributed by atoms with E-state index in [1.807, 2.05) is 51.9 Å². The maximum atomic E-state index is 12.8. The molecule has 1 fully saturated rings. The minimum absolute atomic E-state index is 0.147. The molecule has 32 heavy (non-hydrogen) atoms. The second kappa shape index (κ2) is 11.2. The first-order chi connectivity index (χ1) is 15.7. The molecular weight excluding hydrogens is 422 g/mol. The van der Waals surface area contributed by atoms with Crippen molar-refractivity contribution < 1.29 is 9.53 Å². The Labute approximate surface area is 193 Å². The van der Waals surface area contributed by atoms with Crippen molar-refractivity contribution in [2.75, 3.05) is 45.1 Å². The summed E-state index contributed by atoms with van der Waals surface area (Å²) in [7, 11) is 0. The zero-order valence-corrected chi connectivity index (χ0v) is 19.2. The molecule has 0 spiro atoms. The molecule has 0 N–H and O–H groups in total. The third-order valence-electron chi connectivity index (χ3n) is 5.62. The maximum Gasteiger partial charge on any atom is 0.233 e. The first kappa shape index (κ1) is 22.4. The lowest BCUT2D eigenvalue weighted by Crippen LogP contribution is -2.50. The Morgan fingerprint density at radius 3 is 2.56 bits per heavy atom. The largest absolute Gasteiger partial charge is 0.492 e. The lowest BCUT2D eigenvalue weighted by molar-refractivity contribution is -0.130. The van der Waals surface area contributed by atoms with E-state index in [1.165, 1.54) is 17.3 Å². The summed E-state index contributed by atoms with van der Waals surface area (Å²) in [5.74, 6) is 1.41. The van der Waals surface area contributed by atoms with Gasteiger partial charge >= 0.3 is 0 Å². The van der Waals surface area contributed by atoms with Crippen LogP contribution in [0.3, 0.4) is 0 Å². The molecule has 2 aromatic carbocycles. The van der Waals surface area contributed by atoms with Gasteiger partial charge in [0.15, 0.2) is 5.16 Å². The van der Waals surface area contributed by atoms with Crippen LogP contribution in [-0.4, -0.2) is 75.6 Å². The summed E-state index contributed by atoms with van der Waals surface area (Å²) in [4.78, 5) is 17.1. The molecule has 168 valence electrons. The van der Waals surface area contributed by atoms with E-state index < -0.39 is 0 Å². The fraction of sp³-hybridized carbons (Fsp3) is 0.375. The van der Waals surface area contributed by atoms with E-state index in [9.17, 15) is 4.79 Å². The number of para-hydroxylation sites is 2. The summed E-state index contributed by atoms with van der Waals surface area (Å²) in [6.45, 7) is 6.89. The number of hydrogen-bond acceptors (Lipinski definition) is 6. The molecule has 0 radical (unpaired) electrons. The highest BCUT2D eigenvalue weighted by atomic mass is 32.2. The van der Waals surface area contributed by atoms with Gasteiger partial charge in [0.05, 0.1) is 11.4 Å². The molecule has 1 aromatic heterocycles. The van der Waals surface area contributed by atoms with Crippen molar-refractivity contribution in [3.8, 4) is 11.4 Å². The van der Waals surface area contributed by atoms with Crippen molar-refractivity contribution in [3.05, 3.63) is 66.5 Å². The van der Waals surface area contributed by atoms with Gasteiger partial charge < -0.3 is 9.64 Å². The van der Waals surface area contributed by atoms with Gasteiger partial charge in [-0.05, 0) is 30.2 Å². The number of hydrogen-bond donors (Lipinski definition) is 0. The number of nitrogens with zero attached hydrogens (tertiary/aromatic N) is 5. The highest BCUT2D eigenvalue weighted by molar-refractivity contribution is 7.99. The van der Waals surface area contributed by atoms with Crippen LogP contribution in [0.2, 0.25) is 0 Å². The second-order valence-corrected chi connectivity index (χ2v) is 8.58. The van der Waals surface area contributed by atoms with E-state index in [-0.39, 0.29) is 5.91 Å². The summed E-state index contributed by atoms with van der Waals surface area (Å²) in [6, 6.07) is 18.1. The summed E-state index contributed by atoms with van der Waals surface area (Å²) in [5.41, 5.74) is 2.30. The molecule has 0 aliphatic carbocycles. The first-order valence-corrected chi connectivity index (χ1v) is 12.0. The Hall–Kier alpha value is -2.84. The predicted octanol–water partition coefficient (Wildman–Crippen LogP) is 3.15. The smallest absolute Gasteiger partial charge is 0.233 e. The third-order valence-corrected chi connectivity index (χ3v) is 6.55. The molecule has 2 heterocycles. The molecule has 1 aliphatic rings. The number of amides is 1. The fourth-order valence-corrected chi connectivity index (χ4v) is 4.61. The molecule has 1 saturated heterocycles. The summed E-state index contributed by atoms with van der Waals surface area (Å²) >= 11 is 1.45. The number of carbonyl (C=O) groups excluding carboxylic acids is 1. The molecule has 1 aliphatic heterocycles. The average Bonchev–Trinajstić information content (AvgIpc) is 3.32. The van der Waals surface area contributed by atoms with Crippen molar-refractivity contribution in [1.29, 1.82) is 0 Å². The average molecular weight is 452 g/mol. The van der Waals surface area contributed by atoms with Gasteiger partial charge in [0.25, 0.3) is 0 Å². The SMILES string of the molecule is CCc1ccccc1-n1cnnc1SCC(=O)N1CCN(CCOc2ccccc2)CC1. The maximum absolute atomic E-state index is 12.8. The van der Waals surface area contributed by atoms with Crippen LogP contribution >= 0.6 is 11.8 Å². The van der Waals surface area contributed by atoms with Crippen LogP contribution in [0.4, 0.5) is 0 Å². The van der Waals surface area contributed by atoms with Gasteiger partial charge in [-0.3, -0.25) is 14.3 Å². The number of thioether (sulfide) groups is 1. The van der Waals surface area contributed by atoms with Crippen LogP contribution in [0.25, 0.3) is 5.69 Å². The predicted molar refractivity (Wildman–Crippen MR) is 126 cm³/mol. The Kier molecular flexibility index (Phi) is 7.79. The third kappa shape index (κ3) is 5.69. The number of benzene rings is 2. The molecule has 0 saturated carbocycles. The van der Waals surface area contributed by atoms with Crippen LogP contribution in [0.1, 0.15) is 12.5 Å². The van der Waals surface area contributed by atoms with E-state index in [0.29, 0.717) is 12.4 Å². The Bertz CT molecular complexity index is 1000. The molecular formula is C24H29N5O2S. The van der Waals surface area contributed by atoms with Crippen molar-refractivity contribution in [3.63, 3.8) is 0 Å². The monoisotopic (exact) mass is 451 g/mol. The number of aryl methyl sites for hydroxylation is 1. The van der Waals surface area contributed by atoms with Crippen LogP contribution < -0.4 is 4.74 Å². The van der Waals surface area contributed by atoms with Crippen LogP contribution in [0.15, 0.2) is 66.1 Å². The molecule has 8 heteroatoms. The highest BCUT2D eigenvalue weighted by Gasteiger charge is 2.22. The second-order valence-electron chi connectivity index (χ2n) is 7.64. The number of rotatable bonds is 9. The fourth-order valence-electron chi connectivity index (χ4n) is 3.78. The summed E-state index contributed by atoms with van der Waals surface area (Å²) in [5, 5.41) is 9.06. The topological polar surface area (TPSA) is 63.5 Å². The van der Waals surface area contributed by atoms with Crippen LogP contribution in [0.5, 0.6) is 5.75 Å². The molecule has 0 bridgehead atoms. The molecule has 4 rings (SSSR count). The van der Waals surface area contributed by atoms with Gasteiger partial charge in [-0.1, -0.05) is 55.1 Å². The normalized spacial score (nSPS) is 14.5. The number of ether oxygens (including phenoxy) is 1. The number of carbonyl (C=O) groups is 1. The van der Waals surface area contributed by atoms with Crippen molar-refractivity contribution >= 4 is 17.7 Å². The van der Waals surface area contributed by atoms with E-state index in [0.717, 1.165) is 55.7 Å². The Morgan fingerprint density at radius 1 is 1.03 bits per heavy atom.